The molecule has 27 heavy (non-hydrogen) atoms. The van der Waals surface area contributed by atoms with E-state index in [2.05, 4.69) is 30.4 Å². The molecule has 0 radical (unpaired) electrons. The summed E-state index contributed by atoms with van der Waals surface area (Å²) in [5, 5.41) is 2.95. The first-order valence-electron chi connectivity index (χ1n) is 9.29. The quantitative estimate of drug-likeness (QED) is 0.854. The molecule has 1 heterocycles. The SMILES string of the molecule is Cc1ccc(CN2C(=O)COC[C@H]2C(=O)NCCc2cccc(C)c2)cc1. The highest BCUT2D eigenvalue weighted by Gasteiger charge is 2.33. The highest BCUT2D eigenvalue weighted by molar-refractivity contribution is 5.89. The molecule has 142 valence electrons. The van der Waals surface area contributed by atoms with Crippen LogP contribution in [0.4, 0.5) is 0 Å². The molecule has 0 spiro atoms. The largest absolute Gasteiger partial charge is 0.369 e. The molecular formula is C22H26N2O3. The first-order valence-corrected chi connectivity index (χ1v) is 9.29. The van der Waals surface area contributed by atoms with Crippen LogP contribution in [-0.2, 0) is 27.3 Å². The number of nitrogens with one attached hydrogen (secondary N) is 1. The van der Waals surface area contributed by atoms with E-state index >= 15 is 0 Å². The lowest BCUT2D eigenvalue weighted by atomic mass is 10.1. The van der Waals surface area contributed by atoms with Crippen molar-refractivity contribution < 1.29 is 14.3 Å². The van der Waals surface area contributed by atoms with Gasteiger partial charge in [0.15, 0.2) is 0 Å². The van der Waals surface area contributed by atoms with Crippen LogP contribution < -0.4 is 5.32 Å². The average Bonchev–Trinajstić information content (AvgIpc) is 2.65. The molecule has 0 bridgehead atoms. The highest BCUT2D eigenvalue weighted by atomic mass is 16.5. The Morgan fingerprint density at radius 1 is 1.11 bits per heavy atom. The van der Waals surface area contributed by atoms with E-state index in [9.17, 15) is 9.59 Å². The van der Waals surface area contributed by atoms with E-state index in [1.807, 2.05) is 37.3 Å². The predicted molar refractivity (Wildman–Crippen MR) is 104 cm³/mol. The van der Waals surface area contributed by atoms with Crippen LogP contribution in [0.1, 0.15) is 22.3 Å². The minimum absolute atomic E-state index is 0.0267. The van der Waals surface area contributed by atoms with Crippen molar-refractivity contribution in [1.82, 2.24) is 10.2 Å². The van der Waals surface area contributed by atoms with Gasteiger partial charge < -0.3 is 15.0 Å². The van der Waals surface area contributed by atoms with Crippen LogP contribution in [0.2, 0.25) is 0 Å². The third kappa shape index (κ3) is 5.17. The minimum atomic E-state index is -0.593. The summed E-state index contributed by atoms with van der Waals surface area (Å²) in [4.78, 5) is 26.6. The second-order valence-corrected chi connectivity index (χ2v) is 7.07. The fourth-order valence-electron chi connectivity index (χ4n) is 3.23. The average molecular weight is 366 g/mol. The van der Waals surface area contributed by atoms with Crippen molar-refractivity contribution >= 4 is 11.8 Å². The summed E-state index contributed by atoms with van der Waals surface area (Å²) in [5.41, 5.74) is 4.56. The van der Waals surface area contributed by atoms with Crippen molar-refractivity contribution in [1.29, 1.82) is 0 Å². The van der Waals surface area contributed by atoms with Gasteiger partial charge in [-0.3, -0.25) is 9.59 Å². The van der Waals surface area contributed by atoms with Crippen LogP contribution >= 0.6 is 0 Å². The molecule has 2 aromatic rings. The van der Waals surface area contributed by atoms with Crippen LogP contribution in [0.5, 0.6) is 0 Å². The number of ether oxygens (including phenoxy) is 1. The lowest BCUT2D eigenvalue weighted by Crippen LogP contribution is -2.56. The van der Waals surface area contributed by atoms with Gasteiger partial charge in [0.05, 0.1) is 6.61 Å². The van der Waals surface area contributed by atoms with Crippen molar-refractivity contribution in [3.8, 4) is 0 Å². The second kappa shape index (κ2) is 8.82. The lowest BCUT2D eigenvalue weighted by molar-refractivity contribution is -0.155. The van der Waals surface area contributed by atoms with E-state index in [0.29, 0.717) is 13.1 Å². The van der Waals surface area contributed by atoms with Crippen molar-refractivity contribution in [3.63, 3.8) is 0 Å². The summed E-state index contributed by atoms with van der Waals surface area (Å²) < 4.78 is 5.33. The molecule has 1 aliphatic rings. The van der Waals surface area contributed by atoms with E-state index in [4.69, 9.17) is 4.74 Å². The zero-order valence-corrected chi connectivity index (χ0v) is 15.9. The normalized spacial score (nSPS) is 17.0. The van der Waals surface area contributed by atoms with Crippen molar-refractivity contribution in [2.75, 3.05) is 19.8 Å². The van der Waals surface area contributed by atoms with Crippen molar-refractivity contribution in [2.24, 2.45) is 0 Å². The number of benzene rings is 2. The molecule has 5 heteroatoms. The number of hydrogen-bond acceptors (Lipinski definition) is 3. The van der Waals surface area contributed by atoms with E-state index < -0.39 is 6.04 Å². The summed E-state index contributed by atoms with van der Waals surface area (Å²) in [5.74, 6) is -0.316. The summed E-state index contributed by atoms with van der Waals surface area (Å²) in [6.45, 7) is 5.28. The maximum absolute atomic E-state index is 12.7. The molecule has 5 nitrogen and oxygen atoms in total. The first kappa shape index (κ1) is 19.1. The molecule has 0 aromatic heterocycles. The number of nitrogens with zero attached hydrogens (tertiary/aromatic N) is 1. The molecular weight excluding hydrogens is 340 g/mol. The van der Waals surface area contributed by atoms with Gasteiger partial charge >= 0.3 is 0 Å². The summed E-state index contributed by atoms with van der Waals surface area (Å²) in [6, 6.07) is 15.6. The molecule has 1 N–H and O–H groups in total. The zero-order valence-electron chi connectivity index (χ0n) is 15.9. The van der Waals surface area contributed by atoms with Crippen LogP contribution in [0.25, 0.3) is 0 Å². The van der Waals surface area contributed by atoms with Gasteiger partial charge in [-0.15, -0.1) is 0 Å². The van der Waals surface area contributed by atoms with Crippen molar-refractivity contribution in [2.45, 2.75) is 32.9 Å². The molecule has 0 unspecified atom stereocenters. The van der Waals surface area contributed by atoms with Crippen LogP contribution in [-0.4, -0.2) is 42.5 Å². The monoisotopic (exact) mass is 366 g/mol. The Balaban J connectivity index is 1.60. The fourth-order valence-corrected chi connectivity index (χ4v) is 3.23. The molecule has 1 fully saturated rings. The Morgan fingerprint density at radius 3 is 2.63 bits per heavy atom. The summed E-state index contributed by atoms with van der Waals surface area (Å²) in [6.07, 6.45) is 0.757. The van der Waals surface area contributed by atoms with Crippen LogP contribution in [0.3, 0.4) is 0 Å². The Kier molecular flexibility index (Phi) is 6.24. The topological polar surface area (TPSA) is 58.6 Å². The van der Waals surface area contributed by atoms with E-state index in [0.717, 1.165) is 17.5 Å². The number of aryl methyl sites for hydroxylation is 2. The third-order valence-electron chi connectivity index (χ3n) is 4.77. The smallest absolute Gasteiger partial charge is 0.249 e. The van der Waals surface area contributed by atoms with Gasteiger partial charge in [0.25, 0.3) is 0 Å². The van der Waals surface area contributed by atoms with Crippen LogP contribution in [0, 0.1) is 13.8 Å². The summed E-state index contributed by atoms with van der Waals surface area (Å²) >= 11 is 0. The number of carbonyl (C=O) groups is 2. The molecule has 2 aromatic carbocycles. The highest BCUT2D eigenvalue weighted by Crippen LogP contribution is 2.15. The maximum Gasteiger partial charge on any atom is 0.249 e. The Bertz CT molecular complexity index is 801. The second-order valence-electron chi connectivity index (χ2n) is 7.07. The van der Waals surface area contributed by atoms with Crippen LogP contribution in [0.15, 0.2) is 48.5 Å². The molecule has 0 aliphatic carbocycles. The number of morpholine rings is 1. The number of hydrogen-bond donors (Lipinski definition) is 1. The van der Waals surface area contributed by atoms with Gasteiger partial charge in [0.2, 0.25) is 11.8 Å². The lowest BCUT2D eigenvalue weighted by Gasteiger charge is -2.34. The molecule has 1 aliphatic heterocycles. The van der Waals surface area contributed by atoms with Gasteiger partial charge in [-0.05, 0) is 31.4 Å². The van der Waals surface area contributed by atoms with Gasteiger partial charge in [0.1, 0.15) is 12.6 Å². The number of rotatable bonds is 6. The van der Waals surface area contributed by atoms with E-state index in [1.165, 1.54) is 11.1 Å². The molecule has 3 rings (SSSR count). The molecule has 0 saturated carbocycles. The fraction of sp³-hybridized carbons (Fsp3) is 0.364. The Hall–Kier alpha value is -2.66. The Labute approximate surface area is 160 Å². The van der Waals surface area contributed by atoms with E-state index in [1.54, 1.807) is 4.90 Å². The molecule has 1 saturated heterocycles. The number of amides is 2. The standard InChI is InChI=1S/C22H26N2O3/c1-16-6-8-19(9-7-16)13-24-20(14-27-15-21(24)25)22(26)23-11-10-18-5-3-4-17(2)12-18/h3-9,12,20H,10-11,13-15H2,1-2H3,(H,23,26)/t20-/m0/s1. The molecule has 1 atom stereocenters. The Morgan fingerprint density at radius 2 is 1.89 bits per heavy atom. The zero-order chi connectivity index (χ0) is 19.2. The first-order chi connectivity index (χ1) is 13.0. The van der Waals surface area contributed by atoms with Gasteiger partial charge in [0, 0.05) is 13.1 Å². The molecule has 2 amide bonds. The van der Waals surface area contributed by atoms with Gasteiger partial charge in [-0.2, -0.15) is 0 Å². The number of carbonyl (C=O) groups excluding carboxylic acids is 2. The van der Waals surface area contributed by atoms with Gasteiger partial charge in [-0.25, -0.2) is 0 Å². The third-order valence-corrected chi connectivity index (χ3v) is 4.77. The maximum atomic E-state index is 12.7. The van der Waals surface area contributed by atoms with Gasteiger partial charge in [-0.1, -0.05) is 59.7 Å². The van der Waals surface area contributed by atoms with E-state index in [-0.39, 0.29) is 25.0 Å². The summed E-state index contributed by atoms with van der Waals surface area (Å²) in [7, 11) is 0. The van der Waals surface area contributed by atoms with Crippen molar-refractivity contribution in [3.05, 3.63) is 70.8 Å². The predicted octanol–water partition coefficient (Wildman–Crippen LogP) is 2.39. The minimum Gasteiger partial charge on any atom is -0.369 e.